The van der Waals surface area contributed by atoms with Crippen molar-refractivity contribution in [1.82, 2.24) is 0 Å². The van der Waals surface area contributed by atoms with Crippen LogP contribution in [0.4, 0.5) is 13.2 Å². The van der Waals surface area contributed by atoms with Crippen LogP contribution in [0.25, 0.3) is 0 Å². The quantitative estimate of drug-likeness (QED) is 0.857. The SMILES string of the molecule is Cc1cc(C)c(C(N)CCC(F)(F)F)cc1C. The maximum atomic E-state index is 12.1. The van der Waals surface area contributed by atoms with Gasteiger partial charge in [-0.05, 0) is 49.4 Å². The number of hydrogen-bond donors (Lipinski definition) is 1. The van der Waals surface area contributed by atoms with Gasteiger partial charge in [-0.1, -0.05) is 12.1 Å². The Morgan fingerprint density at radius 1 is 1.06 bits per heavy atom. The average molecular weight is 245 g/mol. The Bertz CT molecular complexity index is 396. The first kappa shape index (κ1) is 14.0. The molecular formula is C13H18F3N. The predicted octanol–water partition coefficient (Wildman–Crippen LogP) is 3.95. The molecular weight excluding hydrogens is 227 g/mol. The Balaban J connectivity index is 2.82. The average Bonchev–Trinajstić information content (AvgIpc) is 2.19. The molecule has 0 spiro atoms. The van der Waals surface area contributed by atoms with Gasteiger partial charge < -0.3 is 5.73 Å². The highest BCUT2D eigenvalue weighted by atomic mass is 19.4. The molecule has 2 N–H and O–H groups in total. The molecule has 1 unspecified atom stereocenters. The second-order valence-corrected chi connectivity index (χ2v) is 4.55. The summed E-state index contributed by atoms with van der Waals surface area (Å²) < 4.78 is 36.4. The fourth-order valence-electron chi connectivity index (χ4n) is 1.86. The fourth-order valence-corrected chi connectivity index (χ4v) is 1.86. The van der Waals surface area contributed by atoms with Crippen molar-refractivity contribution in [3.63, 3.8) is 0 Å². The first-order valence-electron chi connectivity index (χ1n) is 5.61. The van der Waals surface area contributed by atoms with Crippen molar-refractivity contribution < 1.29 is 13.2 Å². The topological polar surface area (TPSA) is 26.0 Å². The van der Waals surface area contributed by atoms with Crippen molar-refractivity contribution in [1.29, 1.82) is 0 Å². The lowest BCUT2D eigenvalue weighted by Crippen LogP contribution is -2.17. The van der Waals surface area contributed by atoms with Gasteiger partial charge in [0.2, 0.25) is 0 Å². The molecule has 0 radical (unpaired) electrons. The van der Waals surface area contributed by atoms with Crippen LogP contribution in [-0.4, -0.2) is 6.18 Å². The molecule has 0 saturated heterocycles. The van der Waals surface area contributed by atoms with E-state index in [-0.39, 0.29) is 6.42 Å². The van der Waals surface area contributed by atoms with Gasteiger partial charge >= 0.3 is 6.18 Å². The number of benzene rings is 1. The van der Waals surface area contributed by atoms with Crippen molar-refractivity contribution in [3.8, 4) is 0 Å². The summed E-state index contributed by atoms with van der Waals surface area (Å²) in [5, 5.41) is 0. The molecule has 0 aromatic heterocycles. The van der Waals surface area contributed by atoms with Crippen molar-refractivity contribution in [2.75, 3.05) is 0 Å². The lowest BCUT2D eigenvalue weighted by molar-refractivity contribution is -0.136. The Labute approximate surface area is 99.8 Å². The van der Waals surface area contributed by atoms with Gasteiger partial charge in [0.1, 0.15) is 0 Å². The van der Waals surface area contributed by atoms with Crippen LogP contribution in [0.2, 0.25) is 0 Å². The van der Waals surface area contributed by atoms with Crippen molar-refractivity contribution >= 4 is 0 Å². The first-order valence-corrected chi connectivity index (χ1v) is 5.61. The summed E-state index contributed by atoms with van der Waals surface area (Å²) in [5.41, 5.74) is 9.80. The minimum Gasteiger partial charge on any atom is -0.324 e. The summed E-state index contributed by atoms with van der Waals surface area (Å²) in [4.78, 5) is 0. The molecule has 4 heteroatoms. The smallest absolute Gasteiger partial charge is 0.324 e. The maximum absolute atomic E-state index is 12.1. The third kappa shape index (κ3) is 4.04. The van der Waals surface area contributed by atoms with E-state index in [0.717, 1.165) is 22.3 Å². The zero-order valence-corrected chi connectivity index (χ0v) is 10.4. The highest BCUT2D eigenvalue weighted by Gasteiger charge is 2.28. The molecule has 1 aromatic carbocycles. The molecule has 0 fully saturated rings. The molecule has 0 aliphatic heterocycles. The van der Waals surface area contributed by atoms with Crippen LogP contribution in [0.1, 0.15) is 41.1 Å². The molecule has 1 rings (SSSR count). The van der Waals surface area contributed by atoms with E-state index in [0.29, 0.717) is 0 Å². The number of rotatable bonds is 3. The maximum Gasteiger partial charge on any atom is 0.389 e. The standard InChI is InChI=1S/C13H18F3N/c1-8-6-10(3)11(7-9(8)2)12(17)4-5-13(14,15)16/h6-7,12H,4-5,17H2,1-3H3. The summed E-state index contributed by atoms with van der Waals surface area (Å²) >= 11 is 0. The van der Waals surface area contributed by atoms with Crippen LogP contribution in [-0.2, 0) is 0 Å². The van der Waals surface area contributed by atoms with Crippen LogP contribution in [0.5, 0.6) is 0 Å². The second kappa shape index (κ2) is 5.08. The highest BCUT2D eigenvalue weighted by Crippen LogP contribution is 2.28. The molecule has 0 saturated carbocycles. The Hall–Kier alpha value is -1.03. The van der Waals surface area contributed by atoms with Gasteiger partial charge in [0.25, 0.3) is 0 Å². The van der Waals surface area contributed by atoms with Gasteiger partial charge in [0.15, 0.2) is 0 Å². The molecule has 1 atom stereocenters. The van der Waals surface area contributed by atoms with Crippen LogP contribution >= 0.6 is 0 Å². The number of halogens is 3. The number of alkyl halides is 3. The number of aryl methyl sites for hydroxylation is 3. The zero-order valence-electron chi connectivity index (χ0n) is 10.4. The third-order valence-electron chi connectivity index (χ3n) is 3.02. The van der Waals surface area contributed by atoms with Gasteiger partial charge in [-0.3, -0.25) is 0 Å². The lowest BCUT2D eigenvalue weighted by Gasteiger charge is -2.17. The molecule has 1 nitrogen and oxygen atoms in total. The summed E-state index contributed by atoms with van der Waals surface area (Å²) in [5.74, 6) is 0. The van der Waals surface area contributed by atoms with Crippen molar-refractivity contribution in [2.24, 2.45) is 5.73 Å². The van der Waals surface area contributed by atoms with Gasteiger partial charge in [-0.25, -0.2) is 0 Å². The third-order valence-corrected chi connectivity index (χ3v) is 3.02. The molecule has 0 amide bonds. The largest absolute Gasteiger partial charge is 0.389 e. The molecule has 0 heterocycles. The van der Waals surface area contributed by atoms with Gasteiger partial charge in [0, 0.05) is 12.5 Å². The van der Waals surface area contributed by atoms with E-state index in [1.54, 1.807) is 0 Å². The number of hydrogen-bond acceptors (Lipinski definition) is 1. The van der Waals surface area contributed by atoms with Gasteiger partial charge in [0.05, 0.1) is 0 Å². The van der Waals surface area contributed by atoms with E-state index in [1.165, 1.54) is 0 Å². The highest BCUT2D eigenvalue weighted by molar-refractivity contribution is 5.38. The number of nitrogens with two attached hydrogens (primary N) is 1. The van der Waals surface area contributed by atoms with Crippen molar-refractivity contribution in [3.05, 3.63) is 34.4 Å². The molecule has 0 aliphatic carbocycles. The van der Waals surface area contributed by atoms with Gasteiger partial charge in [-0.15, -0.1) is 0 Å². The van der Waals surface area contributed by atoms with Gasteiger partial charge in [-0.2, -0.15) is 13.2 Å². The van der Waals surface area contributed by atoms with E-state index < -0.39 is 18.6 Å². The minimum atomic E-state index is -4.13. The molecule has 17 heavy (non-hydrogen) atoms. The van der Waals surface area contributed by atoms with Crippen molar-refractivity contribution in [2.45, 2.75) is 45.8 Å². The predicted molar refractivity (Wildman–Crippen MR) is 62.9 cm³/mol. The van der Waals surface area contributed by atoms with E-state index in [4.69, 9.17) is 5.73 Å². The summed E-state index contributed by atoms with van der Waals surface area (Å²) in [6.07, 6.45) is -5.03. The lowest BCUT2D eigenvalue weighted by atomic mass is 9.94. The monoisotopic (exact) mass is 245 g/mol. The molecule has 1 aromatic rings. The van der Waals surface area contributed by atoms with Crippen LogP contribution in [0, 0.1) is 20.8 Å². The Kier molecular flexibility index (Phi) is 4.20. The Morgan fingerprint density at radius 3 is 2.12 bits per heavy atom. The van der Waals surface area contributed by atoms with E-state index >= 15 is 0 Å². The molecule has 96 valence electrons. The fraction of sp³-hybridized carbons (Fsp3) is 0.538. The normalized spacial score (nSPS) is 13.8. The van der Waals surface area contributed by atoms with Crippen LogP contribution in [0.3, 0.4) is 0 Å². The molecule has 0 bridgehead atoms. The minimum absolute atomic E-state index is 0.0627. The first-order chi connectivity index (χ1) is 7.70. The second-order valence-electron chi connectivity index (χ2n) is 4.55. The molecule has 0 aliphatic rings. The van der Waals surface area contributed by atoms with E-state index in [1.807, 2.05) is 32.9 Å². The van der Waals surface area contributed by atoms with Crippen LogP contribution < -0.4 is 5.73 Å². The van der Waals surface area contributed by atoms with E-state index in [2.05, 4.69) is 0 Å². The zero-order chi connectivity index (χ0) is 13.2. The Morgan fingerprint density at radius 2 is 1.59 bits per heavy atom. The summed E-state index contributed by atoms with van der Waals surface area (Å²) in [6.45, 7) is 5.80. The van der Waals surface area contributed by atoms with E-state index in [9.17, 15) is 13.2 Å². The summed E-state index contributed by atoms with van der Waals surface area (Å²) in [6, 6.07) is 3.32. The van der Waals surface area contributed by atoms with Crippen LogP contribution in [0.15, 0.2) is 12.1 Å². The summed E-state index contributed by atoms with van der Waals surface area (Å²) in [7, 11) is 0.